The van der Waals surface area contributed by atoms with Crippen molar-refractivity contribution in [1.29, 1.82) is 0 Å². The summed E-state index contributed by atoms with van der Waals surface area (Å²) in [5.41, 5.74) is 2.13. The normalized spacial score (nSPS) is 25.0. The molecule has 0 amide bonds. The van der Waals surface area contributed by atoms with Gasteiger partial charge in [-0.2, -0.15) is 0 Å². The second kappa shape index (κ2) is 3.38. The summed E-state index contributed by atoms with van der Waals surface area (Å²) >= 11 is 0. The molecular weight excluding hydrogens is 216 g/mol. The van der Waals surface area contributed by atoms with Crippen molar-refractivity contribution in [2.24, 2.45) is 0 Å². The van der Waals surface area contributed by atoms with E-state index < -0.39 is 8.07 Å². The zero-order valence-electron chi connectivity index (χ0n) is 10.2. The first-order valence-electron chi connectivity index (χ1n) is 5.54. The molecule has 86 valence electrons. The third kappa shape index (κ3) is 1.31. The van der Waals surface area contributed by atoms with E-state index in [-0.39, 0.29) is 11.2 Å². The van der Waals surface area contributed by atoms with Gasteiger partial charge in [0.1, 0.15) is 13.3 Å². The summed E-state index contributed by atoms with van der Waals surface area (Å²) in [6.45, 7) is 8.74. The van der Waals surface area contributed by atoms with Crippen molar-refractivity contribution in [2.45, 2.75) is 31.8 Å². The van der Waals surface area contributed by atoms with Crippen LogP contribution in [0.1, 0.15) is 12.5 Å². The van der Waals surface area contributed by atoms with Gasteiger partial charge in [-0.1, -0.05) is 50.0 Å². The molecule has 0 saturated heterocycles. The van der Waals surface area contributed by atoms with E-state index in [1.165, 1.54) is 0 Å². The van der Waals surface area contributed by atoms with Gasteiger partial charge >= 0.3 is 0 Å². The van der Waals surface area contributed by atoms with Gasteiger partial charge in [-0.15, -0.1) is 0 Å². The van der Waals surface area contributed by atoms with Gasteiger partial charge in [-0.25, -0.2) is 0 Å². The van der Waals surface area contributed by atoms with Crippen LogP contribution in [0.25, 0.3) is 0 Å². The van der Waals surface area contributed by atoms with Crippen molar-refractivity contribution in [2.75, 3.05) is 0 Å². The Kier molecular flexibility index (Phi) is 2.38. The molecule has 0 spiro atoms. The molecular formula is C13H18O2Si. The molecule has 1 aliphatic heterocycles. The maximum Gasteiger partial charge on any atom is 0.280 e. The summed E-state index contributed by atoms with van der Waals surface area (Å²) in [6, 6.07) is 10.2. The van der Waals surface area contributed by atoms with Crippen molar-refractivity contribution in [3.63, 3.8) is 0 Å². The lowest BCUT2D eigenvalue weighted by Gasteiger charge is -2.50. The summed E-state index contributed by atoms with van der Waals surface area (Å²) in [5, 5.41) is 9.21. The Labute approximate surface area is 97.6 Å². The molecule has 1 aliphatic rings. The second-order valence-electron chi connectivity index (χ2n) is 5.33. The van der Waals surface area contributed by atoms with E-state index in [1.807, 2.05) is 25.1 Å². The molecule has 1 unspecified atom stereocenters. The Hall–Kier alpha value is -1.22. The minimum Gasteiger partial charge on any atom is -0.481 e. The van der Waals surface area contributed by atoms with E-state index >= 15 is 0 Å². The van der Waals surface area contributed by atoms with Crippen molar-refractivity contribution in [3.8, 4) is 0 Å². The van der Waals surface area contributed by atoms with Crippen molar-refractivity contribution in [1.82, 2.24) is 0 Å². The van der Waals surface area contributed by atoms with E-state index in [9.17, 15) is 5.11 Å². The van der Waals surface area contributed by atoms with Gasteiger partial charge in [0.2, 0.25) is 0 Å². The first-order chi connectivity index (χ1) is 7.39. The Morgan fingerprint density at radius 2 is 1.69 bits per heavy atom. The standard InChI is InChI=1S/C13H18O2Si/c1-10-12(14)15-13(10,16(2,3)4)11-8-6-5-7-9-11/h5-9,14H,1-4H3. The highest BCUT2D eigenvalue weighted by molar-refractivity contribution is 6.79. The molecule has 1 aromatic carbocycles. The summed E-state index contributed by atoms with van der Waals surface area (Å²) in [6.07, 6.45) is 0. The number of benzene rings is 1. The zero-order valence-corrected chi connectivity index (χ0v) is 11.2. The van der Waals surface area contributed by atoms with Gasteiger partial charge < -0.3 is 9.84 Å². The fourth-order valence-electron chi connectivity index (χ4n) is 2.50. The molecule has 2 rings (SSSR count). The largest absolute Gasteiger partial charge is 0.481 e. The third-order valence-electron chi connectivity index (χ3n) is 3.34. The summed E-state index contributed by atoms with van der Waals surface area (Å²) in [7, 11) is -1.61. The quantitative estimate of drug-likeness (QED) is 0.793. The molecule has 16 heavy (non-hydrogen) atoms. The molecule has 3 heteroatoms. The van der Waals surface area contributed by atoms with Crippen LogP contribution < -0.4 is 0 Å². The summed E-state index contributed by atoms with van der Waals surface area (Å²) in [4.78, 5) is 0. The molecule has 0 aliphatic carbocycles. The Morgan fingerprint density at radius 3 is 2.06 bits per heavy atom. The summed E-state index contributed by atoms with van der Waals surface area (Å²) < 4.78 is 5.69. The van der Waals surface area contributed by atoms with E-state index in [4.69, 9.17) is 4.74 Å². The third-order valence-corrected chi connectivity index (χ3v) is 6.21. The van der Waals surface area contributed by atoms with Crippen LogP contribution in [0.2, 0.25) is 19.6 Å². The van der Waals surface area contributed by atoms with Crippen LogP contribution >= 0.6 is 0 Å². The van der Waals surface area contributed by atoms with Crippen LogP contribution in [0.5, 0.6) is 0 Å². The summed E-state index contributed by atoms with van der Waals surface area (Å²) in [5.74, 6) is 0.103. The fraction of sp³-hybridized carbons (Fsp3) is 0.385. The van der Waals surface area contributed by atoms with Gasteiger partial charge in [0.25, 0.3) is 5.95 Å². The van der Waals surface area contributed by atoms with Crippen LogP contribution in [0, 0.1) is 0 Å². The smallest absolute Gasteiger partial charge is 0.280 e. The SMILES string of the molecule is CC1=C(O)OC1(c1ccccc1)[Si](C)(C)C. The number of hydrogen-bond donors (Lipinski definition) is 1. The van der Waals surface area contributed by atoms with Gasteiger partial charge in [-0.05, 0) is 12.5 Å². The second-order valence-corrected chi connectivity index (χ2v) is 10.5. The monoisotopic (exact) mass is 234 g/mol. The first-order valence-corrected chi connectivity index (χ1v) is 9.04. The van der Waals surface area contributed by atoms with Crippen molar-refractivity contribution < 1.29 is 9.84 Å². The maximum absolute atomic E-state index is 9.56. The molecule has 0 bridgehead atoms. The van der Waals surface area contributed by atoms with Crippen LogP contribution in [0.15, 0.2) is 41.9 Å². The molecule has 1 atom stereocenters. The number of aliphatic hydroxyl groups excluding tert-OH is 1. The number of ether oxygens (including phenoxy) is 1. The van der Waals surface area contributed by atoms with Gasteiger partial charge in [0.15, 0.2) is 0 Å². The van der Waals surface area contributed by atoms with E-state index in [1.54, 1.807) is 0 Å². The lowest BCUT2D eigenvalue weighted by molar-refractivity contribution is -0.0460. The average molecular weight is 234 g/mol. The molecule has 0 fully saturated rings. The molecule has 1 N–H and O–H groups in total. The fourth-order valence-corrected chi connectivity index (χ4v) is 5.17. The molecule has 0 aromatic heterocycles. The molecule has 0 radical (unpaired) electrons. The Balaban J connectivity index is 2.57. The van der Waals surface area contributed by atoms with Crippen LogP contribution in [0.3, 0.4) is 0 Å². The van der Waals surface area contributed by atoms with Gasteiger partial charge in [0, 0.05) is 0 Å². The number of hydrogen-bond acceptors (Lipinski definition) is 2. The highest BCUT2D eigenvalue weighted by atomic mass is 28.3. The van der Waals surface area contributed by atoms with Crippen LogP contribution in [-0.2, 0) is 9.96 Å². The van der Waals surface area contributed by atoms with E-state index in [0.29, 0.717) is 0 Å². The Morgan fingerprint density at radius 1 is 1.12 bits per heavy atom. The lowest BCUT2D eigenvalue weighted by atomic mass is 9.99. The average Bonchev–Trinajstić information content (AvgIpc) is 2.24. The predicted octanol–water partition coefficient (Wildman–Crippen LogP) is 3.58. The first kappa shape index (κ1) is 11.3. The highest BCUT2D eigenvalue weighted by Gasteiger charge is 2.56. The van der Waals surface area contributed by atoms with Crippen molar-refractivity contribution >= 4 is 8.07 Å². The van der Waals surface area contributed by atoms with Gasteiger partial charge in [0.05, 0.1) is 5.57 Å². The predicted molar refractivity (Wildman–Crippen MR) is 67.9 cm³/mol. The van der Waals surface area contributed by atoms with Crippen LogP contribution in [-0.4, -0.2) is 13.2 Å². The molecule has 1 aromatic rings. The number of rotatable bonds is 2. The van der Waals surface area contributed by atoms with Crippen molar-refractivity contribution in [3.05, 3.63) is 47.4 Å². The Bertz CT molecular complexity index is 431. The minimum atomic E-state index is -1.61. The zero-order chi connectivity index (χ0) is 12.0. The molecule has 1 heterocycles. The van der Waals surface area contributed by atoms with Crippen LogP contribution in [0.4, 0.5) is 0 Å². The molecule has 2 nitrogen and oxygen atoms in total. The number of aliphatic hydroxyl groups is 1. The molecule has 0 saturated carbocycles. The topological polar surface area (TPSA) is 29.5 Å². The van der Waals surface area contributed by atoms with Gasteiger partial charge in [-0.3, -0.25) is 0 Å². The lowest BCUT2D eigenvalue weighted by Crippen LogP contribution is -2.57. The van der Waals surface area contributed by atoms with E-state index in [0.717, 1.165) is 11.1 Å². The maximum atomic E-state index is 9.56. The highest BCUT2D eigenvalue weighted by Crippen LogP contribution is 2.50. The minimum absolute atomic E-state index is 0.103. The van der Waals surface area contributed by atoms with E-state index in [2.05, 4.69) is 31.8 Å².